The molecule has 1 aromatic rings. The fourth-order valence-electron chi connectivity index (χ4n) is 2.37. The molecule has 0 aromatic heterocycles. The van der Waals surface area contributed by atoms with E-state index in [0.29, 0.717) is 17.3 Å². The maximum atomic E-state index is 13.4. The number of halogens is 3. The zero-order valence-corrected chi connectivity index (χ0v) is 12.1. The van der Waals surface area contributed by atoms with Crippen LogP contribution in [-0.2, 0) is 0 Å². The molecule has 0 bridgehead atoms. The Hall–Kier alpha value is -0.970. The van der Waals surface area contributed by atoms with Gasteiger partial charge in [0.05, 0.1) is 0 Å². The first-order valence-corrected chi connectivity index (χ1v) is 7.35. The van der Waals surface area contributed by atoms with E-state index < -0.39 is 23.1 Å². The molecule has 19 heavy (non-hydrogen) atoms. The molecule has 1 aromatic carbocycles. The summed E-state index contributed by atoms with van der Waals surface area (Å²) in [4.78, 5) is 12.4. The van der Waals surface area contributed by atoms with Gasteiger partial charge in [-0.3, -0.25) is 4.79 Å². The maximum Gasteiger partial charge on any atom is 0.257 e. The van der Waals surface area contributed by atoms with Crippen molar-refractivity contribution in [2.75, 3.05) is 6.54 Å². The molecule has 1 amide bonds. The van der Waals surface area contributed by atoms with Crippen molar-refractivity contribution in [3.05, 3.63) is 35.4 Å². The number of hydrogen-bond acceptors (Lipinski definition) is 1. The third kappa shape index (κ3) is 3.75. The van der Waals surface area contributed by atoms with E-state index in [-0.39, 0.29) is 0 Å². The Morgan fingerprint density at radius 1 is 1.21 bits per heavy atom. The van der Waals surface area contributed by atoms with Crippen molar-refractivity contribution >= 4 is 21.8 Å². The number of hydrogen-bond donors (Lipinski definition) is 1. The van der Waals surface area contributed by atoms with Crippen molar-refractivity contribution in [2.24, 2.45) is 5.92 Å². The van der Waals surface area contributed by atoms with Gasteiger partial charge in [0.1, 0.15) is 17.2 Å². The van der Waals surface area contributed by atoms with E-state index >= 15 is 0 Å². The molecule has 5 heteroatoms. The monoisotopic (exact) mass is 331 g/mol. The largest absolute Gasteiger partial charge is 0.352 e. The third-order valence-electron chi connectivity index (χ3n) is 3.52. The zero-order valence-electron chi connectivity index (χ0n) is 10.5. The molecule has 1 saturated carbocycles. The van der Waals surface area contributed by atoms with Gasteiger partial charge in [-0.15, -0.1) is 0 Å². The summed E-state index contributed by atoms with van der Waals surface area (Å²) in [5.74, 6) is -1.91. The van der Waals surface area contributed by atoms with Crippen LogP contribution >= 0.6 is 15.9 Å². The molecular weight excluding hydrogens is 316 g/mol. The van der Waals surface area contributed by atoms with E-state index in [9.17, 15) is 13.6 Å². The van der Waals surface area contributed by atoms with Crippen LogP contribution in [0.5, 0.6) is 0 Å². The number of carbonyl (C=O) groups is 1. The van der Waals surface area contributed by atoms with E-state index in [2.05, 4.69) is 21.2 Å². The Morgan fingerprint density at radius 2 is 1.79 bits per heavy atom. The Kier molecular flexibility index (Phi) is 4.91. The Labute approximate surface area is 119 Å². The average molecular weight is 332 g/mol. The number of rotatable bonds is 3. The molecule has 0 radical (unpaired) electrons. The van der Waals surface area contributed by atoms with E-state index in [1.165, 1.54) is 6.07 Å². The molecule has 1 fully saturated rings. The average Bonchev–Trinajstić information content (AvgIpc) is 2.38. The van der Waals surface area contributed by atoms with Crippen LogP contribution in [-0.4, -0.2) is 17.3 Å². The Balaban J connectivity index is 1.91. The summed E-state index contributed by atoms with van der Waals surface area (Å²) in [5, 5.41) is 2.63. The van der Waals surface area contributed by atoms with Crippen LogP contribution in [0.15, 0.2) is 18.2 Å². The predicted octanol–water partition coefficient (Wildman–Crippen LogP) is 3.65. The number of carbonyl (C=O) groups excluding carboxylic acids is 1. The quantitative estimate of drug-likeness (QED) is 0.841. The van der Waals surface area contributed by atoms with Crippen molar-refractivity contribution in [1.82, 2.24) is 5.32 Å². The molecule has 104 valence electrons. The second-order valence-electron chi connectivity index (χ2n) is 4.92. The van der Waals surface area contributed by atoms with Gasteiger partial charge in [0.2, 0.25) is 0 Å². The van der Waals surface area contributed by atoms with Crippen LogP contribution in [0.2, 0.25) is 0 Å². The molecule has 0 heterocycles. The molecule has 0 atom stereocenters. The molecule has 1 aliphatic rings. The minimum Gasteiger partial charge on any atom is -0.352 e. The van der Waals surface area contributed by atoms with Crippen LogP contribution in [0, 0.1) is 17.6 Å². The second-order valence-corrected chi connectivity index (χ2v) is 6.22. The number of alkyl halides is 1. The number of benzene rings is 1. The lowest BCUT2D eigenvalue weighted by molar-refractivity contribution is 0.0935. The van der Waals surface area contributed by atoms with E-state index in [1.807, 2.05) is 0 Å². The summed E-state index contributed by atoms with van der Waals surface area (Å²) >= 11 is 3.57. The standard InChI is InChI=1S/C14H16BrF2NO/c15-10-6-4-9(5-7-10)8-18-14(19)13-11(16)2-1-3-12(13)17/h1-3,9-10H,4-8H2,(H,18,19). The van der Waals surface area contributed by atoms with Crippen LogP contribution in [0.3, 0.4) is 0 Å². The third-order valence-corrected chi connectivity index (χ3v) is 4.43. The van der Waals surface area contributed by atoms with Crippen molar-refractivity contribution in [1.29, 1.82) is 0 Å². The maximum absolute atomic E-state index is 13.4. The summed E-state index contributed by atoms with van der Waals surface area (Å²) < 4.78 is 26.8. The van der Waals surface area contributed by atoms with Crippen LogP contribution in [0.25, 0.3) is 0 Å². The fraction of sp³-hybridized carbons (Fsp3) is 0.500. The normalized spacial score (nSPS) is 23.1. The van der Waals surface area contributed by atoms with Crippen LogP contribution in [0.4, 0.5) is 8.78 Å². The van der Waals surface area contributed by atoms with Gasteiger partial charge in [-0.2, -0.15) is 0 Å². The minimum atomic E-state index is -0.818. The first kappa shape index (κ1) is 14.4. The molecule has 0 spiro atoms. The first-order chi connectivity index (χ1) is 9.08. The van der Waals surface area contributed by atoms with Gasteiger partial charge in [-0.25, -0.2) is 8.78 Å². The fourth-order valence-corrected chi connectivity index (χ4v) is 2.89. The highest BCUT2D eigenvalue weighted by atomic mass is 79.9. The lowest BCUT2D eigenvalue weighted by Crippen LogP contribution is -2.32. The van der Waals surface area contributed by atoms with Gasteiger partial charge in [-0.05, 0) is 43.7 Å². The highest BCUT2D eigenvalue weighted by Crippen LogP contribution is 2.28. The summed E-state index contributed by atoms with van der Waals surface area (Å²) in [7, 11) is 0. The number of amides is 1. The first-order valence-electron chi connectivity index (χ1n) is 6.44. The molecule has 0 unspecified atom stereocenters. The topological polar surface area (TPSA) is 29.1 Å². The van der Waals surface area contributed by atoms with Gasteiger partial charge in [0.15, 0.2) is 0 Å². The highest BCUT2D eigenvalue weighted by Gasteiger charge is 2.21. The minimum absolute atomic E-state index is 0.396. The van der Waals surface area contributed by atoms with Gasteiger partial charge in [0, 0.05) is 11.4 Å². The molecule has 1 N–H and O–H groups in total. The van der Waals surface area contributed by atoms with Crippen molar-refractivity contribution < 1.29 is 13.6 Å². The second kappa shape index (κ2) is 6.46. The van der Waals surface area contributed by atoms with Gasteiger partial charge in [-0.1, -0.05) is 22.0 Å². The van der Waals surface area contributed by atoms with Crippen molar-refractivity contribution in [3.63, 3.8) is 0 Å². The van der Waals surface area contributed by atoms with E-state index in [0.717, 1.165) is 37.8 Å². The Bertz CT molecular complexity index is 439. The SMILES string of the molecule is O=C(NCC1CCC(Br)CC1)c1c(F)cccc1F. The summed E-state index contributed by atoms with van der Waals surface area (Å²) in [5.41, 5.74) is -0.489. The van der Waals surface area contributed by atoms with Crippen LogP contribution < -0.4 is 5.32 Å². The predicted molar refractivity (Wildman–Crippen MR) is 73.4 cm³/mol. The molecule has 0 aliphatic heterocycles. The lowest BCUT2D eigenvalue weighted by atomic mass is 9.89. The molecule has 2 nitrogen and oxygen atoms in total. The van der Waals surface area contributed by atoms with Gasteiger partial charge in [0.25, 0.3) is 5.91 Å². The summed E-state index contributed by atoms with van der Waals surface area (Å²) in [6.45, 7) is 0.478. The smallest absolute Gasteiger partial charge is 0.257 e. The summed E-state index contributed by atoms with van der Waals surface area (Å²) in [6, 6.07) is 3.43. The molecule has 1 aliphatic carbocycles. The summed E-state index contributed by atoms with van der Waals surface area (Å²) in [6.07, 6.45) is 4.20. The van der Waals surface area contributed by atoms with Crippen LogP contribution in [0.1, 0.15) is 36.0 Å². The van der Waals surface area contributed by atoms with Gasteiger partial charge < -0.3 is 5.32 Å². The molecule has 0 saturated heterocycles. The van der Waals surface area contributed by atoms with E-state index in [4.69, 9.17) is 0 Å². The number of nitrogens with one attached hydrogen (secondary N) is 1. The molecular formula is C14H16BrF2NO. The van der Waals surface area contributed by atoms with Gasteiger partial charge >= 0.3 is 0 Å². The zero-order chi connectivity index (χ0) is 13.8. The van der Waals surface area contributed by atoms with Crippen molar-refractivity contribution in [3.8, 4) is 0 Å². The molecule has 2 rings (SSSR count). The lowest BCUT2D eigenvalue weighted by Gasteiger charge is -2.25. The van der Waals surface area contributed by atoms with E-state index in [1.54, 1.807) is 0 Å². The Morgan fingerprint density at radius 3 is 2.37 bits per heavy atom. The highest BCUT2D eigenvalue weighted by molar-refractivity contribution is 9.09. The van der Waals surface area contributed by atoms with Crippen molar-refractivity contribution in [2.45, 2.75) is 30.5 Å².